The summed E-state index contributed by atoms with van der Waals surface area (Å²) in [5.41, 5.74) is 6.71. The first-order chi connectivity index (χ1) is 25.0. The van der Waals surface area contributed by atoms with Crippen molar-refractivity contribution in [3.8, 4) is 16.9 Å². The van der Waals surface area contributed by atoms with Gasteiger partial charge >= 0.3 is 0 Å². The van der Waals surface area contributed by atoms with Crippen molar-refractivity contribution in [3.05, 3.63) is 96.1 Å². The van der Waals surface area contributed by atoms with Crippen LogP contribution in [0.4, 0.5) is 11.4 Å². The molecule has 51 heavy (non-hydrogen) atoms. The molecular weight excluding hydrogens is 657 g/mol. The second-order valence-electron chi connectivity index (χ2n) is 13.1. The van der Waals surface area contributed by atoms with E-state index in [2.05, 4.69) is 70.0 Å². The highest BCUT2D eigenvalue weighted by molar-refractivity contribution is 7.90. The Morgan fingerprint density at radius 1 is 0.902 bits per heavy atom. The number of amides is 1. The first-order valence-corrected chi connectivity index (χ1v) is 20.0. The van der Waals surface area contributed by atoms with Gasteiger partial charge in [-0.3, -0.25) is 4.79 Å². The molecule has 9 heteroatoms. The molecule has 5 rings (SSSR count). The summed E-state index contributed by atoms with van der Waals surface area (Å²) in [6.45, 7) is 11.0. The smallest absolute Gasteiger partial charge is 0.251 e. The SMILES string of the molecule is CCCCOCCOc1ccc(-c2ccc(N3CCCCCC3)c(/C=C(\CC)C(=O)Nc3ccc([S+]([O-])Cc4cncn4CCC)cc3)c2)cc1. The van der Waals surface area contributed by atoms with Crippen molar-refractivity contribution in [2.45, 2.75) is 89.3 Å². The third-order valence-electron chi connectivity index (χ3n) is 9.22. The Hall–Kier alpha value is -4.05. The Kier molecular flexibility index (Phi) is 15.1. The van der Waals surface area contributed by atoms with Crippen LogP contribution in [0.15, 0.2) is 89.7 Å². The van der Waals surface area contributed by atoms with Crippen molar-refractivity contribution < 1.29 is 18.8 Å². The first-order valence-electron chi connectivity index (χ1n) is 18.7. The van der Waals surface area contributed by atoms with Gasteiger partial charge in [-0.2, -0.15) is 0 Å². The standard InChI is InChI=1S/C42H54N4O4S/c1-4-7-25-49-26-27-50-39-17-12-34(13-18-39)35-14-21-41(45-23-10-8-9-11-24-45)36(29-35)28-33(6-3)42(47)44-37-15-19-40(20-16-37)51(48)31-38-30-43-32-46(38)22-5-2/h12-21,28-30,32H,4-11,22-27,31H2,1-3H3,(H,44,47)/b33-28+. The van der Waals surface area contributed by atoms with E-state index in [1.54, 1.807) is 12.5 Å². The van der Waals surface area contributed by atoms with Gasteiger partial charge in [0.1, 0.15) is 12.4 Å². The summed E-state index contributed by atoms with van der Waals surface area (Å²) >= 11 is -1.22. The van der Waals surface area contributed by atoms with Gasteiger partial charge in [0.2, 0.25) is 0 Å². The quantitative estimate of drug-likeness (QED) is 0.0629. The number of hydrogen-bond acceptors (Lipinski definition) is 6. The van der Waals surface area contributed by atoms with Crippen molar-refractivity contribution >= 4 is 34.5 Å². The number of carbonyl (C=O) groups is 1. The topological polar surface area (TPSA) is 91.7 Å². The van der Waals surface area contributed by atoms with Crippen LogP contribution < -0.4 is 15.0 Å². The summed E-state index contributed by atoms with van der Waals surface area (Å²) in [4.78, 5) is 21.1. The summed E-state index contributed by atoms with van der Waals surface area (Å²) in [6.07, 6.45) is 14.2. The number of carbonyl (C=O) groups excluding carboxylic acids is 1. The van der Waals surface area contributed by atoms with Crippen molar-refractivity contribution in [1.82, 2.24) is 9.55 Å². The number of aromatic nitrogens is 2. The number of nitrogens with zero attached hydrogens (tertiary/aromatic N) is 3. The summed E-state index contributed by atoms with van der Waals surface area (Å²) in [5, 5.41) is 3.09. The molecule has 0 saturated carbocycles. The Morgan fingerprint density at radius 3 is 2.35 bits per heavy atom. The van der Waals surface area contributed by atoms with Crippen LogP contribution in [-0.4, -0.2) is 52.9 Å². The Balaban J connectivity index is 1.30. The van der Waals surface area contributed by atoms with Gasteiger partial charge in [0.15, 0.2) is 10.6 Å². The summed E-state index contributed by atoms with van der Waals surface area (Å²) in [6, 6.07) is 22.1. The number of ether oxygens (including phenoxy) is 2. The molecule has 272 valence electrons. The van der Waals surface area contributed by atoms with Crippen LogP contribution in [0.5, 0.6) is 5.75 Å². The summed E-state index contributed by atoms with van der Waals surface area (Å²) in [5.74, 6) is 1.09. The van der Waals surface area contributed by atoms with Gasteiger partial charge in [0, 0.05) is 43.2 Å². The Labute approximate surface area is 307 Å². The lowest BCUT2D eigenvalue weighted by atomic mass is 9.98. The van der Waals surface area contributed by atoms with E-state index in [-0.39, 0.29) is 5.91 Å². The van der Waals surface area contributed by atoms with E-state index >= 15 is 0 Å². The van der Waals surface area contributed by atoms with Crippen molar-refractivity contribution in [3.63, 3.8) is 0 Å². The van der Waals surface area contributed by atoms with Gasteiger partial charge in [-0.25, -0.2) is 4.98 Å². The second kappa shape index (κ2) is 20.1. The van der Waals surface area contributed by atoms with Gasteiger partial charge in [0.05, 0.1) is 24.8 Å². The minimum Gasteiger partial charge on any atom is -0.611 e. The lowest BCUT2D eigenvalue weighted by molar-refractivity contribution is -0.112. The zero-order valence-corrected chi connectivity index (χ0v) is 31.4. The molecule has 1 unspecified atom stereocenters. The molecule has 4 aromatic rings. The predicted molar refractivity (Wildman–Crippen MR) is 210 cm³/mol. The summed E-state index contributed by atoms with van der Waals surface area (Å²) in [7, 11) is 0. The normalized spacial score (nSPS) is 14.3. The van der Waals surface area contributed by atoms with Crippen molar-refractivity contribution in [2.75, 3.05) is 43.1 Å². The maximum absolute atomic E-state index is 13.7. The minimum atomic E-state index is -1.22. The van der Waals surface area contributed by atoms with Gasteiger partial charge < -0.3 is 28.8 Å². The van der Waals surface area contributed by atoms with E-state index in [4.69, 9.17) is 9.47 Å². The maximum atomic E-state index is 13.7. The van der Waals surface area contributed by atoms with E-state index in [9.17, 15) is 9.35 Å². The fourth-order valence-electron chi connectivity index (χ4n) is 6.31. The van der Waals surface area contributed by atoms with E-state index in [0.29, 0.717) is 36.6 Å². The zero-order chi connectivity index (χ0) is 35.8. The van der Waals surface area contributed by atoms with Crippen LogP contribution >= 0.6 is 0 Å². The van der Waals surface area contributed by atoms with Gasteiger partial charge in [-0.15, -0.1) is 0 Å². The number of imidazole rings is 1. The van der Waals surface area contributed by atoms with E-state index in [1.165, 1.54) is 25.7 Å². The number of anilines is 2. The van der Waals surface area contributed by atoms with Gasteiger partial charge in [0.25, 0.3) is 5.91 Å². The molecule has 0 bridgehead atoms. The highest BCUT2D eigenvalue weighted by Crippen LogP contribution is 2.32. The van der Waals surface area contributed by atoms with E-state index < -0.39 is 11.2 Å². The molecule has 1 saturated heterocycles. The molecule has 0 spiro atoms. The van der Waals surface area contributed by atoms with Crippen LogP contribution in [0.1, 0.15) is 83.4 Å². The highest BCUT2D eigenvalue weighted by atomic mass is 32.2. The zero-order valence-electron chi connectivity index (χ0n) is 30.6. The molecule has 0 aliphatic carbocycles. The average Bonchev–Trinajstić information content (AvgIpc) is 3.40. The molecule has 1 aromatic heterocycles. The van der Waals surface area contributed by atoms with Crippen molar-refractivity contribution in [2.24, 2.45) is 0 Å². The Morgan fingerprint density at radius 2 is 1.65 bits per heavy atom. The predicted octanol–water partition coefficient (Wildman–Crippen LogP) is 9.28. The molecule has 1 fully saturated rings. The summed E-state index contributed by atoms with van der Waals surface area (Å²) < 4.78 is 26.7. The third-order valence-corrected chi connectivity index (χ3v) is 10.6. The number of nitrogens with one attached hydrogen (secondary N) is 1. The largest absolute Gasteiger partial charge is 0.611 e. The number of hydrogen-bond donors (Lipinski definition) is 1. The molecule has 1 amide bonds. The second-order valence-corrected chi connectivity index (χ2v) is 14.5. The molecule has 1 atom stereocenters. The van der Waals surface area contributed by atoms with Gasteiger partial charge in [-0.1, -0.05) is 58.2 Å². The Bertz CT molecular complexity index is 1680. The molecule has 1 aliphatic rings. The van der Waals surface area contributed by atoms with E-state index in [1.807, 2.05) is 43.3 Å². The molecular formula is C42H54N4O4S. The van der Waals surface area contributed by atoms with Crippen LogP contribution in [0.2, 0.25) is 0 Å². The molecule has 8 nitrogen and oxygen atoms in total. The minimum absolute atomic E-state index is 0.137. The highest BCUT2D eigenvalue weighted by Gasteiger charge is 2.18. The lowest BCUT2D eigenvalue weighted by Gasteiger charge is -2.25. The van der Waals surface area contributed by atoms with E-state index in [0.717, 1.165) is 84.2 Å². The molecule has 1 N–H and O–H groups in total. The molecule has 1 aliphatic heterocycles. The fourth-order valence-corrected chi connectivity index (χ4v) is 7.42. The molecule has 3 aromatic carbocycles. The van der Waals surface area contributed by atoms with Gasteiger partial charge in [-0.05, 0) is 115 Å². The molecule has 0 radical (unpaired) electrons. The van der Waals surface area contributed by atoms with Crippen LogP contribution in [-0.2, 0) is 33.0 Å². The van der Waals surface area contributed by atoms with Crippen LogP contribution in [0.25, 0.3) is 17.2 Å². The monoisotopic (exact) mass is 710 g/mol. The van der Waals surface area contributed by atoms with Crippen LogP contribution in [0.3, 0.4) is 0 Å². The number of benzene rings is 3. The van der Waals surface area contributed by atoms with Crippen molar-refractivity contribution in [1.29, 1.82) is 0 Å². The third kappa shape index (κ3) is 11.2. The number of unbranched alkanes of at least 4 members (excludes halogenated alkanes) is 1. The van der Waals surface area contributed by atoms with Crippen LogP contribution in [0, 0.1) is 0 Å². The average molecular weight is 711 g/mol. The first kappa shape index (κ1) is 38.2. The fraction of sp³-hybridized carbons (Fsp3) is 0.429. The number of rotatable bonds is 18. The number of aryl methyl sites for hydroxylation is 1. The molecule has 2 heterocycles. The maximum Gasteiger partial charge on any atom is 0.251 e. The lowest BCUT2D eigenvalue weighted by Crippen LogP contribution is -2.24.